The minimum atomic E-state index is 0.00790. The third-order valence-electron chi connectivity index (χ3n) is 4.77. The van der Waals surface area contributed by atoms with Gasteiger partial charge in [-0.3, -0.25) is 4.79 Å². The molecular formula is C20H22N4OS. The van der Waals surface area contributed by atoms with Gasteiger partial charge < -0.3 is 10.2 Å². The lowest BCUT2D eigenvalue weighted by atomic mass is 9.97. The van der Waals surface area contributed by atoms with Crippen LogP contribution in [0.25, 0.3) is 10.3 Å². The molecular weight excluding hydrogens is 344 g/mol. The van der Waals surface area contributed by atoms with Gasteiger partial charge in [-0.25, -0.2) is 9.97 Å². The SMILES string of the molecule is Cc1cccc(CNC(=O)C2CCCN(c3nc4cccnc4s3)C2)c1. The van der Waals surface area contributed by atoms with E-state index >= 15 is 0 Å². The largest absolute Gasteiger partial charge is 0.352 e. The number of rotatable bonds is 4. The van der Waals surface area contributed by atoms with Crippen LogP contribution in [0.5, 0.6) is 0 Å². The maximum Gasteiger partial charge on any atom is 0.225 e. The quantitative estimate of drug-likeness (QED) is 0.767. The Kier molecular flexibility index (Phi) is 4.84. The topological polar surface area (TPSA) is 58.1 Å². The number of nitrogens with zero attached hydrogens (tertiary/aromatic N) is 3. The highest BCUT2D eigenvalue weighted by molar-refractivity contribution is 7.21. The number of pyridine rings is 1. The van der Waals surface area contributed by atoms with E-state index in [1.807, 2.05) is 18.2 Å². The fourth-order valence-electron chi connectivity index (χ4n) is 3.41. The molecule has 4 rings (SSSR count). The summed E-state index contributed by atoms with van der Waals surface area (Å²) in [6.45, 7) is 4.32. The van der Waals surface area contributed by atoms with Crippen LogP contribution in [0.1, 0.15) is 24.0 Å². The number of anilines is 1. The lowest BCUT2D eigenvalue weighted by molar-refractivity contribution is -0.125. The first-order valence-corrected chi connectivity index (χ1v) is 9.80. The molecule has 1 unspecified atom stereocenters. The van der Waals surface area contributed by atoms with Crippen LogP contribution in [0, 0.1) is 12.8 Å². The molecule has 0 saturated carbocycles. The van der Waals surface area contributed by atoms with Gasteiger partial charge in [0.25, 0.3) is 0 Å². The van der Waals surface area contributed by atoms with Crippen molar-refractivity contribution in [3.8, 4) is 0 Å². The lowest BCUT2D eigenvalue weighted by Gasteiger charge is -2.31. The number of carbonyl (C=O) groups excluding carboxylic acids is 1. The molecule has 1 aliphatic heterocycles. The Hall–Kier alpha value is -2.47. The second kappa shape index (κ2) is 7.41. The molecule has 1 aromatic carbocycles. The van der Waals surface area contributed by atoms with Crippen molar-refractivity contribution < 1.29 is 4.79 Å². The fraction of sp³-hybridized carbons (Fsp3) is 0.350. The first-order valence-electron chi connectivity index (χ1n) is 8.99. The molecule has 1 saturated heterocycles. The molecule has 5 nitrogen and oxygen atoms in total. The van der Waals surface area contributed by atoms with Crippen molar-refractivity contribution in [3.63, 3.8) is 0 Å². The zero-order valence-electron chi connectivity index (χ0n) is 14.8. The van der Waals surface area contributed by atoms with Crippen LogP contribution in [0.2, 0.25) is 0 Å². The number of aryl methyl sites for hydroxylation is 1. The van der Waals surface area contributed by atoms with Crippen molar-refractivity contribution in [3.05, 3.63) is 53.7 Å². The minimum Gasteiger partial charge on any atom is -0.352 e. The van der Waals surface area contributed by atoms with Crippen LogP contribution in [0.3, 0.4) is 0 Å². The molecule has 3 heterocycles. The van der Waals surface area contributed by atoms with E-state index < -0.39 is 0 Å². The van der Waals surface area contributed by atoms with E-state index in [9.17, 15) is 4.79 Å². The molecule has 26 heavy (non-hydrogen) atoms. The zero-order valence-corrected chi connectivity index (χ0v) is 15.6. The van der Waals surface area contributed by atoms with E-state index in [0.717, 1.165) is 47.0 Å². The van der Waals surface area contributed by atoms with Crippen LogP contribution < -0.4 is 10.2 Å². The average Bonchev–Trinajstić information content (AvgIpc) is 3.10. The molecule has 0 aliphatic carbocycles. The first kappa shape index (κ1) is 17.0. The van der Waals surface area contributed by atoms with Crippen molar-refractivity contribution in [2.45, 2.75) is 26.3 Å². The molecule has 1 fully saturated rings. The van der Waals surface area contributed by atoms with Crippen LogP contribution in [0.15, 0.2) is 42.6 Å². The van der Waals surface area contributed by atoms with Crippen LogP contribution in [-0.4, -0.2) is 29.0 Å². The summed E-state index contributed by atoms with van der Waals surface area (Å²) in [5, 5.41) is 4.07. The number of hydrogen-bond donors (Lipinski definition) is 1. The Morgan fingerprint density at radius 2 is 2.27 bits per heavy atom. The van der Waals surface area contributed by atoms with E-state index in [1.54, 1.807) is 17.5 Å². The number of carbonyl (C=O) groups is 1. The van der Waals surface area contributed by atoms with Crippen molar-refractivity contribution >= 4 is 32.7 Å². The van der Waals surface area contributed by atoms with E-state index in [1.165, 1.54) is 5.56 Å². The second-order valence-electron chi connectivity index (χ2n) is 6.82. The predicted molar refractivity (Wildman–Crippen MR) is 105 cm³/mol. The third-order valence-corrected chi connectivity index (χ3v) is 5.81. The summed E-state index contributed by atoms with van der Waals surface area (Å²) in [5.41, 5.74) is 3.28. The molecule has 2 aromatic heterocycles. The van der Waals surface area contributed by atoms with Gasteiger partial charge in [-0.2, -0.15) is 0 Å². The van der Waals surface area contributed by atoms with Crippen molar-refractivity contribution in [1.82, 2.24) is 15.3 Å². The maximum atomic E-state index is 12.6. The second-order valence-corrected chi connectivity index (χ2v) is 7.77. The molecule has 134 valence electrons. The molecule has 1 aliphatic rings. The van der Waals surface area contributed by atoms with Gasteiger partial charge in [0, 0.05) is 25.8 Å². The van der Waals surface area contributed by atoms with Crippen molar-refractivity contribution in [1.29, 1.82) is 0 Å². The first-order chi connectivity index (χ1) is 12.7. The van der Waals surface area contributed by atoms with Gasteiger partial charge in [-0.15, -0.1) is 0 Å². The molecule has 0 spiro atoms. The smallest absolute Gasteiger partial charge is 0.225 e. The van der Waals surface area contributed by atoms with Gasteiger partial charge in [0.05, 0.1) is 5.92 Å². The highest BCUT2D eigenvalue weighted by Gasteiger charge is 2.27. The van der Waals surface area contributed by atoms with Crippen LogP contribution in [0.4, 0.5) is 5.13 Å². The zero-order chi connectivity index (χ0) is 17.9. The van der Waals surface area contributed by atoms with Crippen molar-refractivity contribution in [2.24, 2.45) is 5.92 Å². The van der Waals surface area contributed by atoms with Crippen LogP contribution in [-0.2, 0) is 11.3 Å². The Bertz CT molecular complexity index is 890. The van der Waals surface area contributed by atoms with Gasteiger partial charge in [0.1, 0.15) is 10.3 Å². The summed E-state index contributed by atoms with van der Waals surface area (Å²) < 4.78 is 0. The van der Waals surface area contributed by atoms with Gasteiger partial charge in [-0.05, 0) is 37.5 Å². The highest BCUT2D eigenvalue weighted by atomic mass is 32.1. The number of piperidine rings is 1. The molecule has 1 N–H and O–H groups in total. The summed E-state index contributed by atoms with van der Waals surface area (Å²) in [4.78, 5) is 24.9. The number of thiazole rings is 1. The highest BCUT2D eigenvalue weighted by Crippen LogP contribution is 2.30. The summed E-state index contributed by atoms with van der Waals surface area (Å²) in [7, 11) is 0. The summed E-state index contributed by atoms with van der Waals surface area (Å²) in [6, 6.07) is 12.1. The number of hydrogen-bond acceptors (Lipinski definition) is 5. The molecule has 0 radical (unpaired) electrons. The molecule has 1 atom stereocenters. The number of amides is 1. The van der Waals surface area contributed by atoms with E-state index in [4.69, 9.17) is 0 Å². The molecule has 3 aromatic rings. The standard InChI is InChI=1S/C20H22N4OS/c1-14-5-2-6-15(11-14)12-22-18(25)16-7-4-10-24(13-16)20-23-17-8-3-9-21-19(17)26-20/h2-3,5-6,8-9,11,16H,4,7,10,12-13H2,1H3,(H,22,25). The summed E-state index contributed by atoms with van der Waals surface area (Å²) in [5.74, 6) is 0.143. The summed E-state index contributed by atoms with van der Waals surface area (Å²) in [6.07, 6.45) is 3.73. The van der Waals surface area contributed by atoms with Gasteiger partial charge >= 0.3 is 0 Å². The summed E-state index contributed by atoms with van der Waals surface area (Å²) >= 11 is 1.60. The van der Waals surface area contributed by atoms with Gasteiger partial charge in [-0.1, -0.05) is 41.2 Å². The number of aromatic nitrogens is 2. The third kappa shape index (κ3) is 3.70. The van der Waals surface area contributed by atoms with E-state index in [2.05, 4.69) is 45.3 Å². The number of benzene rings is 1. The fourth-order valence-corrected chi connectivity index (χ4v) is 4.36. The predicted octanol–water partition coefficient (Wildman–Crippen LogP) is 3.53. The number of fused-ring (bicyclic) bond motifs is 1. The Labute approximate surface area is 157 Å². The van der Waals surface area contributed by atoms with Gasteiger partial charge in [0.2, 0.25) is 5.91 Å². The van der Waals surface area contributed by atoms with Crippen LogP contribution >= 0.6 is 11.3 Å². The molecule has 6 heteroatoms. The molecule has 0 bridgehead atoms. The lowest BCUT2D eigenvalue weighted by Crippen LogP contribution is -2.42. The normalized spacial score (nSPS) is 17.4. The average molecular weight is 366 g/mol. The van der Waals surface area contributed by atoms with Crippen molar-refractivity contribution in [2.75, 3.05) is 18.0 Å². The van der Waals surface area contributed by atoms with Gasteiger partial charge in [0.15, 0.2) is 5.13 Å². The Morgan fingerprint density at radius 1 is 1.35 bits per heavy atom. The van der Waals surface area contributed by atoms with E-state index in [0.29, 0.717) is 6.54 Å². The minimum absolute atomic E-state index is 0.00790. The Morgan fingerprint density at radius 3 is 3.12 bits per heavy atom. The number of nitrogens with one attached hydrogen (secondary N) is 1. The monoisotopic (exact) mass is 366 g/mol. The maximum absolute atomic E-state index is 12.6. The van der Waals surface area contributed by atoms with E-state index in [-0.39, 0.29) is 11.8 Å². The molecule has 1 amide bonds. The Balaban J connectivity index is 1.40.